The number of hydrogen-bond acceptors (Lipinski definition) is 2. The van der Waals surface area contributed by atoms with Gasteiger partial charge in [0.15, 0.2) is 4.77 Å². The maximum Gasteiger partial charge on any atom is 0.182 e. The van der Waals surface area contributed by atoms with E-state index >= 15 is 0 Å². The van der Waals surface area contributed by atoms with Gasteiger partial charge in [0.2, 0.25) is 0 Å². The van der Waals surface area contributed by atoms with Gasteiger partial charge in [-0.05, 0) is 64.9 Å². The normalized spacial score (nSPS) is 10.9. The van der Waals surface area contributed by atoms with Gasteiger partial charge >= 0.3 is 0 Å². The van der Waals surface area contributed by atoms with E-state index in [1.54, 1.807) is 7.11 Å². The van der Waals surface area contributed by atoms with Crippen molar-refractivity contribution in [1.82, 2.24) is 9.55 Å². The zero-order chi connectivity index (χ0) is 14.3. The number of ether oxygens (including phenoxy) is 1. The van der Waals surface area contributed by atoms with Gasteiger partial charge in [0.1, 0.15) is 5.75 Å². The summed E-state index contributed by atoms with van der Waals surface area (Å²) >= 11 is 8.97. The summed E-state index contributed by atoms with van der Waals surface area (Å²) in [6.45, 7) is 2.07. The first-order chi connectivity index (χ1) is 9.61. The number of halogens is 1. The van der Waals surface area contributed by atoms with Crippen molar-refractivity contribution in [3.63, 3.8) is 0 Å². The van der Waals surface area contributed by atoms with Crippen LogP contribution in [-0.2, 0) is 0 Å². The molecule has 3 nitrogen and oxygen atoms in total. The second-order valence-corrected chi connectivity index (χ2v) is 5.79. The zero-order valence-corrected chi connectivity index (χ0v) is 13.5. The van der Waals surface area contributed by atoms with Crippen molar-refractivity contribution in [3.05, 3.63) is 51.2 Å². The highest BCUT2D eigenvalue weighted by Crippen LogP contribution is 2.29. The number of imidazole rings is 1. The molecule has 102 valence electrons. The van der Waals surface area contributed by atoms with Crippen molar-refractivity contribution in [2.75, 3.05) is 7.11 Å². The van der Waals surface area contributed by atoms with Gasteiger partial charge < -0.3 is 9.72 Å². The Morgan fingerprint density at radius 2 is 2.05 bits per heavy atom. The molecule has 0 atom stereocenters. The summed E-state index contributed by atoms with van der Waals surface area (Å²) < 4.78 is 8.88. The monoisotopic (exact) mass is 348 g/mol. The molecule has 5 heteroatoms. The average Bonchev–Trinajstić information content (AvgIpc) is 2.76. The van der Waals surface area contributed by atoms with E-state index in [1.165, 1.54) is 5.56 Å². The minimum atomic E-state index is 0.686. The minimum absolute atomic E-state index is 0.686. The third-order valence-corrected chi connectivity index (χ3v) is 4.22. The van der Waals surface area contributed by atoms with Crippen LogP contribution in [0.15, 0.2) is 40.9 Å². The van der Waals surface area contributed by atoms with E-state index in [2.05, 4.69) is 40.0 Å². The number of nitrogens with one attached hydrogen (secondary N) is 1. The number of hydrogen-bond donors (Lipinski definition) is 1. The lowest BCUT2D eigenvalue weighted by Crippen LogP contribution is -1.95. The fourth-order valence-electron chi connectivity index (χ4n) is 2.32. The summed E-state index contributed by atoms with van der Waals surface area (Å²) in [5.74, 6) is 0.802. The Morgan fingerprint density at radius 1 is 1.25 bits per heavy atom. The van der Waals surface area contributed by atoms with Crippen molar-refractivity contribution in [2.24, 2.45) is 0 Å². The number of benzene rings is 2. The van der Waals surface area contributed by atoms with E-state index in [4.69, 9.17) is 17.0 Å². The van der Waals surface area contributed by atoms with Crippen LogP contribution in [0.3, 0.4) is 0 Å². The summed E-state index contributed by atoms with van der Waals surface area (Å²) in [5, 5.41) is 0. The van der Waals surface area contributed by atoms with Crippen LogP contribution < -0.4 is 4.74 Å². The van der Waals surface area contributed by atoms with Gasteiger partial charge in [-0.2, -0.15) is 0 Å². The van der Waals surface area contributed by atoms with E-state index in [-0.39, 0.29) is 0 Å². The number of aromatic amines is 1. The van der Waals surface area contributed by atoms with Crippen molar-refractivity contribution < 1.29 is 4.74 Å². The zero-order valence-electron chi connectivity index (χ0n) is 11.1. The Morgan fingerprint density at radius 3 is 2.75 bits per heavy atom. The number of aromatic nitrogens is 2. The molecule has 0 saturated carbocycles. The maximum absolute atomic E-state index is 5.46. The lowest BCUT2D eigenvalue weighted by molar-refractivity contribution is 0.412. The maximum atomic E-state index is 5.46. The van der Waals surface area contributed by atoms with E-state index in [0.29, 0.717) is 4.77 Å². The molecule has 0 saturated heterocycles. The van der Waals surface area contributed by atoms with Crippen molar-refractivity contribution >= 4 is 39.2 Å². The highest BCUT2D eigenvalue weighted by atomic mass is 79.9. The second-order valence-electron chi connectivity index (χ2n) is 4.55. The number of methoxy groups -OCH3 is 1. The topological polar surface area (TPSA) is 29.9 Å². The summed E-state index contributed by atoms with van der Waals surface area (Å²) in [7, 11) is 1.65. The van der Waals surface area contributed by atoms with Crippen LogP contribution in [0.2, 0.25) is 0 Å². The van der Waals surface area contributed by atoms with Crippen LogP contribution in [0.5, 0.6) is 5.75 Å². The number of H-pyrrole nitrogens is 1. The second kappa shape index (κ2) is 5.07. The molecule has 2 aromatic carbocycles. The van der Waals surface area contributed by atoms with Crippen LogP contribution in [0.25, 0.3) is 16.7 Å². The van der Waals surface area contributed by atoms with Crippen molar-refractivity contribution in [3.8, 4) is 11.4 Å². The van der Waals surface area contributed by atoms with E-state index in [0.717, 1.165) is 26.9 Å². The van der Waals surface area contributed by atoms with Gasteiger partial charge in [-0.3, -0.25) is 4.57 Å². The number of nitrogens with zero attached hydrogens (tertiary/aromatic N) is 1. The van der Waals surface area contributed by atoms with Gasteiger partial charge in [0.25, 0.3) is 0 Å². The molecule has 0 bridgehead atoms. The van der Waals surface area contributed by atoms with Crippen LogP contribution in [0.4, 0.5) is 0 Å². The Balaban J connectivity index is 2.30. The summed E-state index contributed by atoms with van der Waals surface area (Å²) in [5.41, 5.74) is 4.33. The largest absolute Gasteiger partial charge is 0.496 e. The van der Waals surface area contributed by atoms with Crippen molar-refractivity contribution in [2.45, 2.75) is 6.92 Å². The average molecular weight is 349 g/mol. The number of para-hydroxylation sites is 1. The number of rotatable bonds is 2. The molecule has 3 rings (SSSR count). The first kappa shape index (κ1) is 13.4. The SMILES string of the molecule is COc1ccc(-n2c(=S)[nH]c3c(C)cccc32)cc1Br. The third-order valence-electron chi connectivity index (χ3n) is 3.32. The standard InChI is InChI=1S/C15H13BrN2OS/c1-9-4-3-5-12-14(9)17-15(20)18(12)10-6-7-13(19-2)11(16)8-10/h3-8H,1-2H3,(H,17,20). The van der Waals surface area contributed by atoms with Gasteiger partial charge in [0, 0.05) is 5.69 Å². The highest BCUT2D eigenvalue weighted by Gasteiger charge is 2.09. The molecule has 0 radical (unpaired) electrons. The third kappa shape index (κ3) is 2.07. The van der Waals surface area contributed by atoms with Crippen molar-refractivity contribution in [1.29, 1.82) is 0 Å². The Labute approximate surface area is 130 Å². The first-order valence-electron chi connectivity index (χ1n) is 6.16. The van der Waals surface area contributed by atoms with E-state index in [1.807, 2.05) is 28.8 Å². The first-order valence-corrected chi connectivity index (χ1v) is 7.36. The fourth-order valence-corrected chi connectivity index (χ4v) is 3.16. The molecule has 1 heterocycles. The lowest BCUT2D eigenvalue weighted by atomic mass is 10.2. The minimum Gasteiger partial charge on any atom is -0.496 e. The summed E-state index contributed by atoms with van der Waals surface area (Å²) in [4.78, 5) is 3.27. The van der Waals surface area contributed by atoms with E-state index in [9.17, 15) is 0 Å². The summed E-state index contributed by atoms with van der Waals surface area (Å²) in [6, 6.07) is 12.1. The van der Waals surface area contributed by atoms with Crippen LogP contribution in [0.1, 0.15) is 5.56 Å². The van der Waals surface area contributed by atoms with Gasteiger partial charge in [-0.15, -0.1) is 0 Å². The molecular formula is C15H13BrN2OS. The number of aryl methyl sites for hydroxylation is 1. The molecule has 0 aliphatic heterocycles. The Bertz CT molecular complexity index is 851. The molecule has 1 N–H and O–H groups in total. The highest BCUT2D eigenvalue weighted by molar-refractivity contribution is 9.10. The predicted octanol–water partition coefficient (Wildman–Crippen LogP) is 4.77. The van der Waals surface area contributed by atoms with E-state index < -0.39 is 0 Å². The lowest BCUT2D eigenvalue weighted by Gasteiger charge is -2.08. The van der Waals surface area contributed by atoms with Crippen LogP contribution >= 0.6 is 28.1 Å². The molecule has 0 aliphatic carbocycles. The smallest absolute Gasteiger partial charge is 0.182 e. The molecule has 1 aromatic heterocycles. The molecular weight excluding hydrogens is 336 g/mol. The molecule has 20 heavy (non-hydrogen) atoms. The molecule has 0 aliphatic rings. The van der Waals surface area contributed by atoms with Gasteiger partial charge in [-0.1, -0.05) is 12.1 Å². The van der Waals surface area contributed by atoms with Gasteiger partial charge in [-0.25, -0.2) is 0 Å². The fraction of sp³-hybridized carbons (Fsp3) is 0.133. The Hall–Kier alpha value is -1.59. The molecule has 0 spiro atoms. The number of fused-ring (bicyclic) bond motifs is 1. The quantitative estimate of drug-likeness (QED) is 0.676. The van der Waals surface area contributed by atoms with Crippen LogP contribution in [-0.4, -0.2) is 16.7 Å². The predicted molar refractivity (Wildman–Crippen MR) is 87.4 cm³/mol. The molecule has 0 amide bonds. The summed E-state index contributed by atoms with van der Waals surface area (Å²) in [6.07, 6.45) is 0. The van der Waals surface area contributed by atoms with Crippen LogP contribution in [0, 0.1) is 11.7 Å². The van der Waals surface area contributed by atoms with Gasteiger partial charge in [0.05, 0.1) is 22.6 Å². The Kier molecular flexibility index (Phi) is 3.40. The molecule has 0 unspecified atom stereocenters. The molecule has 0 fully saturated rings. The molecule has 3 aromatic rings.